The predicted octanol–water partition coefficient (Wildman–Crippen LogP) is 3.21. The number of fused-ring (bicyclic) bond motifs is 2. The van der Waals surface area contributed by atoms with Crippen LogP contribution in [-0.4, -0.2) is 41.7 Å². The molecule has 0 N–H and O–H groups in total. The van der Waals surface area contributed by atoms with Crippen molar-refractivity contribution >= 4 is 29.4 Å². The first-order valence-electron chi connectivity index (χ1n) is 10.6. The van der Waals surface area contributed by atoms with E-state index >= 15 is 0 Å². The van der Waals surface area contributed by atoms with Crippen LogP contribution in [-0.2, 0) is 22.5 Å². The van der Waals surface area contributed by atoms with E-state index < -0.39 is 24.4 Å². The number of carbonyl (C=O) groups excluding carboxylic acids is 4. The van der Waals surface area contributed by atoms with Gasteiger partial charge in [-0.15, -0.1) is 0 Å². The zero-order valence-electron chi connectivity index (χ0n) is 17.7. The van der Waals surface area contributed by atoms with Crippen LogP contribution < -0.4 is 4.90 Å². The summed E-state index contributed by atoms with van der Waals surface area (Å²) in [6, 6.07) is 15.2. The Morgan fingerprint density at radius 1 is 0.970 bits per heavy atom. The van der Waals surface area contributed by atoms with Gasteiger partial charge >= 0.3 is 5.97 Å². The van der Waals surface area contributed by atoms with E-state index in [1.54, 1.807) is 17.0 Å². The van der Waals surface area contributed by atoms with Crippen LogP contribution in [0, 0.1) is 0 Å². The van der Waals surface area contributed by atoms with Crippen LogP contribution in [0.4, 0.5) is 5.69 Å². The van der Waals surface area contributed by atoms with E-state index in [0.717, 1.165) is 29.0 Å². The van der Waals surface area contributed by atoms with Gasteiger partial charge in [0, 0.05) is 12.2 Å². The van der Waals surface area contributed by atoms with Gasteiger partial charge in [0.1, 0.15) is 5.76 Å². The van der Waals surface area contributed by atoms with Crippen molar-refractivity contribution in [3.05, 3.63) is 88.9 Å². The topological polar surface area (TPSA) is 97.1 Å². The number of aryl methyl sites for hydroxylation is 1. The standard InChI is InChI=1S/C25H20N2O6/c28-22(26-11-3-6-16-5-1-2-8-21(16)26)15-33-25(31)17-9-10-19-20(13-17)24(30)27(23(19)29)14-18-7-4-12-32-18/h1-2,4-5,7-10,12-13H,3,6,11,14-15H2. The highest BCUT2D eigenvalue weighted by atomic mass is 16.5. The third-order valence-corrected chi connectivity index (χ3v) is 5.84. The van der Waals surface area contributed by atoms with Gasteiger partial charge in [-0.2, -0.15) is 0 Å². The Morgan fingerprint density at radius 2 is 1.79 bits per heavy atom. The molecule has 3 aromatic rings. The minimum Gasteiger partial charge on any atom is -0.467 e. The maximum atomic E-state index is 12.7. The number of hydrogen-bond donors (Lipinski definition) is 0. The molecule has 2 aromatic carbocycles. The van der Waals surface area contributed by atoms with Gasteiger partial charge in [-0.3, -0.25) is 19.3 Å². The van der Waals surface area contributed by atoms with Crippen molar-refractivity contribution in [2.24, 2.45) is 0 Å². The second-order valence-electron chi connectivity index (χ2n) is 7.89. The molecule has 0 fully saturated rings. The van der Waals surface area contributed by atoms with Gasteiger partial charge in [-0.05, 0) is 54.8 Å². The Kier molecular flexibility index (Phi) is 5.26. The molecule has 3 amide bonds. The number of imide groups is 1. The summed E-state index contributed by atoms with van der Waals surface area (Å²) in [5.41, 5.74) is 2.36. The smallest absolute Gasteiger partial charge is 0.338 e. The van der Waals surface area contributed by atoms with E-state index in [9.17, 15) is 19.2 Å². The summed E-state index contributed by atoms with van der Waals surface area (Å²) in [5, 5.41) is 0. The molecule has 0 bridgehead atoms. The van der Waals surface area contributed by atoms with Crippen LogP contribution in [0.15, 0.2) is 65.3 Å². The highest BCUT2D eigenvalue weighted by molar-refractivity contribution is 6.21. The first kappa shape index (κ1) is 20.7. The van der Waals surface area contributed by atoms with Crippen molar-refractivity contribution in [1.29, 1.82) is 0 Å². The molecule has 0 radical (unpaired) electrons. The van der Waals surface area contributed by atoms with Gasteiger partial charge in [0.15, 0.2) is 6.61 Å². The first-order chi connectivity index (χ1) is 16.0. The summed E-state index contributed by atoms with van der Waals surface area (Å²) in [6.45, 7) is 0.154. The van der Waals surface area contributed by atoms with E-state index in [0.29, 0.717) is 12.3 Å². The number of rotatable bonds is 5. The van der Waals surface area contributed by atoms with E-state index in [2.05, 4.69) is 0 Å². The number of esters is 1. The van der Waals surface area contributed by atoms with Crippen LogP contribution in [0.2, 0.25) is 0 Å². The number of ether oxygens (including phenoxy) is 1. The van der Waals surface area contributed by atoms with Crippen molar-refractivity contribution in [2.45, 2.75) is 19.4 Å². The van der Waals surface area contributed by atoms with Crippen molar-refractivity contribution in [3.63, 3.8) is 0 Å². The van der Waals surface area contributed by atoms with Crippen molar-refractivity contribution < 1.29 is 28.3 Å². The predicted molar refractivity (Wildman–Crippen MR) is 117 cm³/mol. The summed E-state index contributed by atoms with van der Waals surface area (Å²) in [5.74, 6) is -1.54. The zero-order valence-corrected chi connectivity index (χ0v) is 17.7. The third-order valence-electron chi connectivity index (χ3n) is 5.84. The number of furan rings is 1. The zero-order chi connectivity index (χ0) is 22.9. The number of hydrogen-bond acceptors (Lipinski definition) is 6. The van der Waals surface area contributed by atoms with Crippen LogP contribution in [0.25, 0.3) is 0 Å². The summed E-state index contributed by atoms with van der Waals surface area (Å²) in [6.07, 6.45) is 3.20. The van der Waals surface area contributed by atoms with Crippen LogP contribution in [0.3, 0.4) is 0 Å². The van der Waals surface area contributed by atoms with Gasteiger partial charge in [-0.25, -0.2) is 4.79 Å². The number of benzene rings is 2. The number of amides is 3. The molecule has 8 nitrogen and oxygen atoms in total. The summed E-state index contributed by atoms with van der Waals surface area (Å²) in [4.78, 5) is 53.3. The Labute approximate surface area is 189 Å². The third kappa shape index (κ3) is 3.80. The first-order valence-corrected chi connectivity index (χ1v) is 10.6. The number of nitrogens with zero attached hydrogens (tertiary/aromatic N) is 2. The van der Waals surface area contributed by atoms with Crippen LogP contribution >= 0.6 is 0 Å². The maximum Gasteiger partial charge on any atom is 0.338 e. The van der Waals surface area contributed by atoms with Crippen molar-refractivity contribution in [1.82, 2.24) is 4.90 Å². The second kappa shape index (κ2) is 8.38. The fraction of sp³-hybridized carbons (Fsp3) is 0.200. The molecule has 3 heterocycles. The molecule has 0 unspecified atom stereocenters. The molecule has 2 aliphatic heterocycles. The monoisotopic (exact) mass is 444 g/mol. The molecular formula is C25H20N2O6. The fourth-order valence-corrected chi connectivity index (χ4v) is 4.20. The number of para-hydroxylation sites is 1. The van der Waals surface area contributed by atoms with E-state index in [1.807, 2.05) is 24.3 Å². The van der Waals surface area contributed by atoms with E-state index in [-0.39, 0.29) is 29.1 Å². The van der Waals surface area contributed by atoms with Crippen molar-refractivity contribution in [3.8, 4) is 0 Å². The molecule has 0 aliphatic carbocycles. The normalized spacial score (nSPS) is 14.8. The molecule has 0 saturated heterocycles. The Bertz CT molecular complexity index is 1260. The quantitative estimate of drug-likeness (QED) is 0.443. The van der Waals surface area contributed by atoms with Crippen LogP contribution in [0.1, 0.15) is 48.8 Å². The summed E-state index contributed by atoms with van der Waals surface area (Å²) in [7, 11) is 0. The molecule has 0 saturated carbocycles. The lowest BCUT2D eigenvalue weighted by Crippen LogP contribution is -2.38. The van der Waals surface area contributed by atoms with Gasteiger partial charge in [0.25, 0.3) is 17.7 Å². The number of anilines is 1. The molecule has 5 rings (SSSR count). The largest absolute Gasteiger partial charge is 0.467 e. The van der Waals surface area contributed by atoms with Gasteiger partial charge in [-0.1, -0.05) is 18.2 Å². The fourth-order valence-electron chi connectivity index (χ4n) is 4.20. The Balaban J connectivity index is 1.27. The highest BCUT2D eigenvalue weighted by Crippen LogP contribution is 2.28. The Morgan fingerprint density at radius 3 is 2.61 bits per heavy atom. The molecule has 2 aliphatic rings. The van der Waals surface area contributed by atoms with Gasteiger partial charge in [0.2, 0.25) is 0 Å². The highest BCUT2D eigenvalue weighted by Gasteiger charge is 2.36. The second-order valence-corrected chi connectivity index (χ2v) is 7.89. The number of carbonyl (C=O) groups is 4. The lowest BCUT2D eigenvalue weighted by Gasteiger charge is -2.29. The van der Waals surface area contributed by atoms with Gasteiger partial charge < -0.3 is 14.1 Å². The molecular weight excluding hydrogens is 424 g/mol. The summed E-state index contributed by atoms with van der Waals surface area (Å²) < 4.78 is 10.5. The van der Waals surface area contributed by atoms with E-state index in [1.165, 1.54) is 24.5 Å². The lowest BCUT2D eigenvalue weighted by atomic mass is 10.0. The molecule has 0 atom stereocenters. The molecule has 166 valence electrons. The summed E-state index contributed by atoms with van der Waals surface area (Å²) >= 11 is 0. The molecule has 1 aromatic heterocycles. The lowest BCUT2D eigenvalue weighted by molar-refractivity contribution is -0.121. The van der Waals surface area contributed by atoms with Crippen molar-refractivity contribution in [2.75, 3.05) is 18.1 Å². The minimum atomic E-state index is -0.735. The molecule has 33 heavy (non-hydrogen) atoms. The molecule has 0 spiro atoms. The Hall–Kier alpha value is -4.20. The van der Waals surface area contributed by atoms with Gasteiger partial charge in [0.05, 0.1) is 29.5 Å². The SMILES string of the molecule is O=C(OCC(=O)N1CCCc2ccccc21)c1ccc2c(c1)C(=O)N(Cc1ccco1)C2=O. The average Bonchev–Trinajstić information content (AvgIpc) is 3.44. The maximum absolute atomic E-state index is 12.7. The average molecular weight is 444 g/mol. The minimum absolute atomic E-state index is 0.00490. The van der Waals surface area contributed by atoms with E-state index in [4.69, 9.17) is 9.15 Å². The van der Waals surface area contributed by atoms with Crippen LogP contribution in [0.5, 0.6) is 0 Å². The molecule has 8 heteroatoms.